The molecule has 0 amide bonds. The van der Waals surface area contributed by atoms with Crippen LogP contribution in [0.2, 0.25) is 0 Å². The fraction of sp³-hybridized carbons (Fsp3) is 0.625. The number of phenolic OH excluding ortho intramolecular Hbond substituents is 1. The number of rotatable bonds is 0. The highest BCUT2D eigenvalue weighted by atomic mass is 16.3. The van der Waals surface area contributed by atoms with Crippen molar-refractivity contribution < 1.29 is 10.2 Å². The molecular formula is C16H21NO2. The van der Waals surface area contributed by atoms with E-state index < -0.39 is 5.60 Å². The van der Waals surface area contributed by atoms with Gasteiger partial charge in [0, 0.05) is 11.5 Å². The lowest BCUT2D eigenvalue weighted by Crippen LogP contribution is -2.68. The number of nitrogens with one attached hydrogen (secondary N) is 1. The van der Waals surface area contributed by atoms with Crippen LogP contribution in [0.15, 0.2) is 18.2 Å². The van der Waals surface area contributed by atoms with Crippen molar-refractivity contribution in [3.8, 4) is 5.75 Å². The summed E-state index contributed by atoms with van der Waals surface area (Å²) in [5.41, 5.74) is 1.73. The van der Waals surface area contributed by atoms with Crippen molar-refractivity contribution in [1.29, 1.82) is 0 Å². The monoisotopic (exact) mass is 259 g/mol. The molecule has 4 unspecified atom stereocenters. The second-order valence-electron chi connectivity index (χ2n) is 6.82. The Morgan fingerprint density at radius 2 is 2.16 bits per heavy atom. The number of phenols is 1. The van der Waals surface area contributed by atoms with E-state index in [0.29, 0.717) is 11.7 Å². The fourth-order valence-corrected chi connectivity index (χ4v) is 5.12. The van der Waals surface area contributed by atoms with E-state index in [-0.39, 0.29) is 11.5 Å². The van der Waals surface area contributed by atoms with Crippen molar-refractivity contribution >= 4 is 0 Å². The molecule has 4 atom stereocenters. The van der Waals surface area contributed by atoms with Crippen LogP contribution in [-0.2, 0) is 11.8 Å². The maximum atomic E-state index is 11.3. The first kappa shape index (κ1) is 11.7. The Hall–Kier alpha value is -1.06. The van der Waals surface area contributed by atoms with Gasteiger partial charge >= 0.3 is 0 Å². The summed E-state index contributed by atoms with van der Waals surface area (Å²) < 4.78 is 0. The summed E-state index contributed by atoms with van der Waals surface area (Å²) in [4.78, 5) is 0. The zero-order valence-corrected chi connectivity index (χ0v) is 11.3. The Bertz CT molecular complexity index is 544. The average Bonchev–Trinajstić information content (AvgIpc) is 2.63. The van der Waals surface area contributed by atoms with Crippen LogP contribution in [0.3, 0.4) is 0 Å². The third kappa shape index (κ3) is 1.30. The molecule has 3 N–H and O–H groups in total. The highest BCUT2D eigenvalue weighted by molar-refractivity contribution is 5.48. The quantitative estimate of drug-likeness (QED) is 0.665. The van der Waals surface area contributed by atoms with Crippen LogP contribution >= 0.6 is 0 Å². The van der Waals surface area contributed by atoms with E-state index in [1.165, 1.54) is 11.1 Å². The van der Waals surface area contributed by atoms with Gasteiger partial charge in [0.1, 0.15) is 5.75 Å². The summed E-state index contributed by atoms with van der Waals surface area (Å²) in [6.07, 6.45) is 3.76. The van der Waals surface area contributed by atoms with Crippen molar-refractivity contribution in [2.75, 3.05) is 6.54 Å². The van der Waals surface area contributed by atoms with Gasteiger partial charge in [-0.25, -0.2) is 0 Å². The van der Waals surface area contributed by atoms with Gasteiger partial charge < -0.3 is 15.5 Å². The molecule has 1 saturated carbocycles. The van der Waals surface area contributed by atoms with Crippen LogP contribution in [0, 0.1) is 5.92 Å². The molecule has 2 aliphatic carbocycles. The summed E-state index contributed by atoms with van der Waals surface area (Å²) in [6, 6.07) is 5.88. The minimum Gasteiger partial charge on any atom is -0.508 e. The molecule has 1 aliphatic heterocycles. The number of fused-ring (bicyclic) bond motifs is 1. The van der Waals surface area contributed by atoms with Gasteiger partial charge in [0.2, 0.25) is 0 Å². The van der Waals surface area contributed by atoms with Crippen LogP contribution in [0.1, 0.15) is 37.3 Å². The molecule has 3 heteroatoms. The van der Waals surface area contributed by atoms with Crippen molar-refractivity contribution in [2.45, 2.75) is 49.7 Å². The van der Waals surface area contributed by atoms with E-state index in [0.717, 1.165) is 32.2 Å². The molecule has 3 aliphatic rings. The Labute approximate surface area is 113 Å². The Morgan fingerprint density at radius 3 is 3.00 bits per heavy atom. The lowest BCUT2D eigenvalue weighted by Gasteiger charge is -2.55. The van der Waals surface area contributed by atoms with Gasteiger partial charge in [-0.1, -0.05) is 13.0 Å². The van der Waals surface area contributed by atoms with Gasteiger partial charge in [-0.3, -0.25) is 0 Å². The molecule has 1 saturated heterocycles. The van der Waals surface area contributed by atoms with E-state index in [2.05, 4.69) is 12.2 Å². The topological polar surface area (TPSA) is 52.5 Å². The zero-order valence-electron chi connectivity index (χ0n) is 11.3. The molecule has 0 radical (unpaired) electrons. The molecule has 0 aromatic heterocycles. The molecule has 2 fully saturated rings. The first-order valence-electron chi connectivity index (χ1n) is 7.33. The minimum absolute atomic E-state index is 0.144. The molecule has 102 valence electrons. The molecule has 1 heterocycles. The van der Waals surface area contributed by atoms with E-state index in [4.69, 9.17) is 0 Å². The Kier molecular flexibility index (Phi) is 2.18. The second kappa shape index (κ2) is 3.53. The van der Waals surface area contributed by atoms with Crippen molar-refractivity contribution in [3.63, 3.8) is 0 Å². The van der Waals surface area contributed by atoms with Gasteiger partial charge in [-0.15, -0.1) is 0 Å². The highest BCUT2D eigenvalue weighted by Crippen LogP contribution is 2.59. The lowest BCUT2D eigenvalue weighted by atomic mass is 9.57. The van der Waals surface area contributed by atoms with Gasteiger partial charge in [0.05, 0.1) is 5.60 Å². The van der Waals surface area contributed by atoms with Crippen LogP contribution in [0.5, 0.6) is 5.75 Å². The van der Waals surface area contributed by atoms with E-state index >= 15 is 0 Å². The Balaban J connectivity index is 1.98. The van der Waals surface area contributed by atoms with Gasteiger partial charge in [0.15, 0.2) is 0 Å². The average molecular weight is 259 g/mol. The van der Waals surface area contributed by atoms with Crippen LogP contribution < -0.4 is 5.32 Å². The van der Waals surface area contributed by atoms with Gasteiger partial charge in [-0.2, -0.15) is 0 Å². The zero-order chi connectivity index (χ0) is 13.3. The molecule has 4 rings (SSSR count). The number of aliphatic hydroxyl groups is 1. The number of piperidine rings is 1. The fourth-order valence-electron chi connectivity index (χ4n) is 5.12. The SMILES string of the molecule is CC1CC23CCNC(Cc4ccc(O)cc42)C3(O)C1. The summed E-state index contributed by atoms with van der Waals surface area (Å²) in [7, 11) is 0. The van der Waals surface area contributed by atoms with E-state index in [9.17, 15) is 10.2 Å². The van der Waals surface area contributed by atoms with Crippen LogP contribution in [0.4, 0.5) is 0 Å². The maximum Gasteiger partial charge on any atom is 0.115 e. The molecule has 19 heavy (non-hydrogen) atoms. The van der Waals surface area contributed by atoms with Crippen LogP contribution in [0.25, 0.3) is 0 Å². The van der Waals surface area contributed by atoms with Gasteiger partial charge in [-0.05, 0) is 61.4 Å². The number of hydrogen-bond donors (Lipinski definition) is 3. The molecule has 0 spiro atoms. The Morgan fingerprint density at radius 1 is 1.32 bits per heavy atom. The highest BCUT2D eigenvalue weighted by Gasteiger charge is 2.64. The first-order chi connectivity index (χ1) is 9.05. The van der Waals surface area contributed by atoms with Gasteiger partial charge in [0.25, 0.3) is 0 Å². The van der Waals surface area contributed by atoms with E-state index in [1.54, 1.807) is 6.07 Å². The molecule has 1 aromatic rings. The second-order valence-corrected chi connectivity index (χ2v) is 6.82. The smallest absolute Gasteiger partial charge is 0.115 e. The molecule has 3 nitrogen and oxygen atoms in total. The minimum atomic E-state index is -0.633. The largest absolute Gasteiger partial charge is 0.508 e. The third-order valence-electron chi connectivity index (χ3n) is 5.74. The number of aromatic hydroxyl groups is 1. The normalized spacial score (nSPS) is 43.7. The summed E-state index contributed by atoms with van der Waals surface area (Å²) in [5, 5.41) is 24.7. The molecule has 2 bridgehead atoms. The first-order valence-corrected chi connectivity index (χ1v) is 7.33. The maximum absolute atomic E-state index is 11.3. The lowest BCUT2D eigenvalue weighted by molar-refractivity contribution is -0.0803. The predicted octanol–water partition coefficient (Wildman–Crippen LogP) is 1.71. The molecule has 1 aromatic carbocycles. The van der Waals surface area contributed by atoms with E-state index in [1.807, 2.05) is 12.1 Å². The predicted molar refractivity (Wildman–Crippen MR) is 73.2 cm³/mol. The van der Waals surface area contributed by atoms with Crippen molar-refractivity contribution in [2.24, 2.45) is 5.92 Å². The standard InChI is InChI=1S/C16H21NO2/c1-10-8-15-4-5-17-14(16(15,19)9-10)6-11-2-3-12(18)7-13(11)15/h2-3,7,10,14,17-19H,4-6,8-9H2,1H3. The summed E-state index contributed by atoms with van der Waals surface area (Å²) >= 11 is 0. The number of hydrogen-bond acceptors (Lipinski definition) is 3. The molecular weight excluding hydrogens is 238 g/mol. The number of benzene rings is 1. The van der Waals surface area contributed by atoms with Crippen molar-refractivity contribution in [3.05, 3.63) is 29.3 Å². The summed E-state index contributed by atoms with van der Waals surface area (Å²) in [5.74, 6) is 0.868. The van der Waals surface area contributed by atoms with Crippen molar-refractivity contribution in [1.82, 2.24) is 5.32 Å². The van der Waals surface area contributed by atoms with Crippen LogP contribution in [-0.4, -0.2) is 28.4 Å². The summed E-state index contributed by atoms with van der Waals surface area (Å²) in [6.45, 7) is 3.21. The third-order valence-corrected chi connectivity index (χ3v) is 5.74.